The Labute approximate surface area is 100 Å². The van der Waals surface area contributed by atoms with Gasteiger partial charge in [-0.05, 0) is 59.8 Å². The lowest BCUT2D eigenvalue weighted by molar-refractivity contribution is 0.174. The number of hydrogen-bond donors (Lipinski definition) is 1. The lowest BCUT2D eigenvalue weighted by Gasteiger charge is -2.31. The van der Waals surface area contributed by atoms with Gasteiger partial charge in [-0.3, -0.25) is 9.80 Å². The predicted octanol–water partition coefficient (Wildman–Crippen LogP) is 1.15. The number of likely N-dealkylation sites (N-methyl/N-ethyl adjacent to an activating group) is 1. The summed E-state index contributed by atoms with van der Waals surface area (Å²) in [6.45, 7) is 6.12. The summed E-state index contributed by atoms with van der Waals surface area (Å²) in [4.78, 5) is 5.34. The second-order valence-electron chi connectivity index (χ2n) is 5.58. The Balaban J connectivity index is 1.88. The minimum Gasteiger partial charge on any atom is -0.320 e. The molecule has 0 aromatic carbocycles. The Kier molecular flexibility index (Phi) is 4.22. The molecular formula is C13H27N3. The van der Waals surface area contributed by atoms with Crippen LogP contribution in [-0.4, -0.2) is 61.7 Å². The maximum Gasteiger partial charge on any atom is 0.0223 e. The van der Waals surface area contributed by atoms with Gasteiger partial charge in [0, 0.05) is 24.7 Å². The summed E-state index contributed by atoms with van der Waals surface area (Å²) >= 11 is 0. The van der Waals surface area contributed by atoms with Crippen molar-refractivity contribution in [2.75, 3.05) is 33.7 Å². The molecule has 3 unspecified atom stereocenters. The first-order valence-corrected chi connectivity index (χ1v) is 6.83. The van der Waals surface area contributed by atoms with Gasteiger partial charge in [-0.1, -0.05) is 0 Å². The maximum absolute atomic E-state index is 3.26. The van der Waals surface area contributed by atoms with Crippen molar-refractivity contribution in [2.45, 2.75) is 50.7 Å². The number of fused-ring (bicyclic) bond motifs is 2. The smallest absolute Gasteiger partial charge is 0.0223 e. The van der Waals surface area contributed by atoms with Gasteiger partial charge in [0.1, 0.15) is 0 Å². The third kappa shape index (κ3) is 2.58. The molecule has 0 radical (unpaired) electrons. The largest absolute Gasteiger partial charge is 0.320 e. The Morgan fingerprint density at radius 1 is 1.25 bits per heavy atom. The van der Waals surface area contributed by atoms with Crippen molar-refractivity contribution in [3.8, 4) is 0 Å². The second kappa shape index (κ2) is 5.48. The zero-order valence-corrected chi connectivity index (χ0v) is 11.1. The molecule has 2 saturated heterocycles. The summed E-state index contributed by atoms with van der Waals surface area (Å²) in [5.74, 6) is 0. The molecule has 0 aromatic rings. The van der Waals surface area contributed by atoms with Crippen molar-refractivity contribution in [3.05, 3.63) is 0 Å². The molecule has 2 bridgehead atoms. The quantitative estimate of drug-likeness (QED) is 0.774. The highest BCUT2D eigenvalue weighted by Crippen LogP contribution is 2.29. The van der Waals surface area contributed by atoms with Crippen molar-refractivity contribution in [3.63, 3.8) is 0 Å². The summed E-state index contributed by atoms with van der Waals surface area (Å²) < 4.78 is 0. The van der Waals surface area contributed by atoms with Gasteiger partial charge in [-0.2, -0.15) is 0 Å². The van der Waals surface area contributed by atoms with E-state index in [0.717, 1.165) is 24.7 Å². The molecule has 3 atom stereocenters. The van der Waals surface area contributed by atoms with Gasteiger partial charge in [0.2, 0.25) is 0 Å². The average molecular weight is 225 g/mol. The number of nitrogens with zero attached hydrogens (tertiary/aromatic N) is 2. The highest BCUT2D eigenvalue weighted by atomic mass is 15.3. The molecule has 3 heteroatoms. The molecule has 0 saturated carbocycles. The number of hydrogen-bond acceptors (Lipinski definition) is 3. The van der Waals surface area contributed by atoms with Crippen LogP contribution in [0.2, 0.25) is 0 Å². The maximum atomic E-state index is 3.26. The fourth-order valence-electron chi connectivity index (χ4n) is 3.27. The first-order chi connectivity index (χ1) is 7.72. The van der Waals surface area contributed by atoms with E-state index in [1.54, 1.807) is 0 Å². The standard InChI is InChI=1S/C13H27N3/c1-11(6-8-14-2)16-9-7-12-4-5-13(10-16)15(12)3/h11-14H,4-10H2,1-3H3. The molecule has 0 aromatic heterocycles. The summed E-state index contributed by atoms with van der Waals surface area (Å²) in [5.41, 5.74) is 0. The summed E-state index contributed by atoms with van der Waals surface area (Å²) in [5, 5.41) is 3.26. The second-order valence-corrected chi connectivity index (χ2v) is 5.58. The Hall–Kier alpha value is -0.120. The monoisotopic (exact) mass is 225 g/mol. The van der Waals surface area contributed by atoms with E-state index in [1.807, 2.05) is 7.05 Å². The van der Waals surface area contributed by atoms with Crippen molar-refractivity contribution in [1.29, 1.82) is 0 Å². The SMILES string of the molecule is CNCCC(C)N1CCC2CCC(C1)N2C. The molecule has 2 aliphatic rings. The van der Waals surface area contributed by atoms with Gasteiger partial charge in [-0.25, -0.2) is 0 Å². The van der Waals surface area contributed by atoms with Gasteiger partial charge >= 0.3 is 0 Å². The third-order valence-corrected chi connectivity index (χ3v) is 4.62. The highest BCUT2D eigenvalue weighted by molar-refractivity contribution is 4.92. The average Bonchev–Trinajstić information content (AvgIpc) is 2.50. The zero-order chi connectivity index (χ0) is 11.5. The number of rotatable bonds is 4. The van der Waals surface area contributed by atoms with Crippen LogP contribution in [0.5, 0.6) is 0 Å². The molecule has 2 heterocycles. The molecule has 0 aliphatic carbocycles. The summed E-state index contributed by atoms with van der Waals surface area (Å²) in [7, 11) is 4.37. The summed E-state index contributed by atoms with van der Waals surface area (Å²) in [6, 6.07) is 2.43. The predicted molar refractivity (Wildman–Crippen MR) is 68.8 cm³/mol. The van der Waals surface area contributed by atoms with Crippen molar-refractivity contribution >= 4 is 0 Å². The van der Waals surface area contributed by atoms with E-state index in [9.17, 15) is 0 Å². The molecule has 0 amide bonds. The molecule has 3 nitrogen and oxygen atoms in total. The minimum absolute atomic E-state index is 0.736. The molecule has 16 heavy (non-hydrogen) atoms. The Morgan fingerprint density at radius 3 is 2.75 bits per heavy atom. The molecular weight excluding hydrogens is 198 g/mol. The van der Waals surface area contributed by atoms with Crippen LogP contribution in [0.15, 0.2) is 0 Å². The van der Waals surface area contributed by atoms with E-state index < -0.39 is 0 Å². The van der Waals surface area contributed by atoms with E-state index in [4.69, 9.17) is 0 Å². The van der Waals surface area contributed by atoms with Crippen molar-refractivity contribution in [2.24, 2.45) is 0 Å². The van der Waals surface area contributed by atoms with E-state index in [-0.39, 0.29) is 0 Å². The Bertz CT molecular complexity index is 219. The van der Waals surface area contributed by atoms with Crippen LogP contribution in [0.4, 0.5) is 0 Å². The van der Waals surface area contributed by atoms with Crippen LogP contribution >= 0.6 is 0 Å². The fourth-order valence-corrected chi connectivity index (χ4v) is 3.27. The fraction of sp³-hybridized carbons (Fsp3) is 1.00. The van der Waals surface area contributed by atoms with Crippen LogP contribution < -0.4 is 5.32 Å². The third-order valence-electron chi connectivity index (χ3n) is 4.62. The van der Waals surface area contributed by atoms with Crippen LogP contribution in [0, 0.1) is 0 Å². The van der Waals surface area contributed by atoms with E-state index in [0.29, 0.717) is 0 Å². The summed E-state index contributed by atoms with van der Waals surface area (Å²) in [6.07, 6.45) is 5.49. The first kappa shape index (κ1) is 12.3. The van der Waals surface area contributed by atoms with E-state index in [2.05, 4.69) is 29.1 Å². The van der Waals surface area contributed by atoms with Gasteiger partial charge in [0.25, 0.3) is 0 Å². The zero-order valence-electron chi connectivity index (χ0n) is 11.1. The highest BCUT2D eigenvalue weighted by Gasteiger charge is 2.35. The molecule has 94 valence electrons. The Morgan fingerprint density at radius 2 is 2.00 bits per heavy atom. The normalized spacial score (nSPS) is 33.9. The minimum atomic E-state index is 0.736. The topological polar surface area (TPSA) is 18.5 Å². The van der Waals surface area contributed by atoms with Crippen LogP contribution in [0.1, 0.15) is 32.6 Å². The molecule has 2 fully saturated rings. The van der Waals surface area contributed by atoms with Gasteiger partial charge in [-0.15, -0.1) is 0 Å². The van der Waals surface area contributed by atoms with Gasteiger partial charge in [0.15, 0.2) is 0 Å². The van der Waals surface area contributed by atoms with Crippen LogP contribution in [-0.2, 0) is 0 Å². The van der Waals surface area contributed by atoms with Gasteiger partial charge in [0.05, 0.1) is 0 Å². The van der Waals surface area contributed by atoms with Crippen LogP contribution in [0.25, 0.3) is 0 Å². The molecule has 1 N–H and O–H groups in total. The number of likely N-dealkylation sites (tertiary alicyclic amines) is 1. The molecule has 0 spiro atoms. The molecule has 2 rings (SSSR count). The molecule has 2 aliphatic heterocycles. The van der Waals surface area contributed by atoms with E-state index >= 15 is 0 Å². The lowest BCUT2D eigenvalue weighted by Crippen LogP contribution is -2.41. The lowest BCUT2D eigenvalue weighted by atomic mass is 10.1. The van der Waals surface area contributed by atoms with Crippen molar-refractivity contribution < 1.29 is 0 Å². The number of nitrogens with one attached hydrogen (secondary N) is 1. The van der Waals surface area contributed by atoms with Crippen molar-refractivity contribution in [1.82, 2.24) is 15.1 Å². The van der Waals surface area contributed by atoms with Crippen LogP contribution in [0.3, 0.4) is 0 Å². The van der Waals surface area contributed by atoms with E-state index in [1.165, 1.54) is 38.8 Å². The first-order valence-electron chi connectivity index (χ1n) is 6.83. The van der Waals surface area contributed by atoms with Gasteiger partial charge < -0.3 is 5.32 Å².